The third-order valence-corrected chi connectivity index (χ3v) is 4.36. The Balaban J connectivity index is 3.04. The Morgan fingerprint density at radius 2 is 1.93 bits per heavy atom. The zero-order valence-electron chi connectivity index (χ0n) is 8.45. The molecule has 0 nitrogen and oxygen atoms in total. The zero-order chi connectivity index (χ0) is 10.6. The van der Waals surface area contributed by atoms with Gasteiger partial charge in [-0.1, -0.05) is 45.2 Å². The summed E-state index contributed by atoms with van der Waals surface area (Å²) in [6, 6.07) is 8.47. The number of aryl methyl sites for hydroxylation is 1. The van der Waals surface area contributed by atoms with Gasteiger partial charge in [0.05, 0.1) is 0 Å². The van der Waals surface area contributed by atoms with Crippen molar-refractivity contribution in [2.24, 2.45) is 0 Å². The molecule has 1 atom stereocenters. The lowest BCUT2D eigenvalue weighted by atomic mass is 10.1. The summed E-state index contributed by atoms with van der Waals surface area (Å²) in [6.45, 7) is 4.24. The maximum absolute atomic E-state index is 4.55. The van der Waals surface area contributed by atoms with Crippen LogP contribution >= 0.6 is 32.5 Å². The van der Waals surface area contributed by atoms with Crippen molar-refractivity contribution < 1.29 is 0 Å². The van der Waals surface area contributed by atoms with Gasteiger partial charge in [-0.15, -0.1) is 24.0 Å². The molecule has 0 spiro atoms. The third-order valence-electron chi connectivity index (χ3n) is 2.05. The summed E-state index contributed by atoms with van der Waals surface area (Å²) < 4.78 is 0. The Bertz CT molecular complexity index is 322. The maximum Gasteiger partial charge on any atom is 0.0211 e. The Labute approximate surface area is 97.9 Å². The van der Waals surface area contributed by atoms with Crippen molar-refractivity contribution in [1.29, 1.82) is 0 Å². The van der Waals surface area contributed by atoms with Crippen molar-refractivity contribution in [2.45, 2.75) is 20.3 Å². The second-order valence-electron chi connectivity index (χ2n) is 3.11. The molecule has 3 heteroatoms. The summed E-state index contributed by atoms with van der Waals surface area (Å²) in [5, 5.41) is 0. The van der Waals surface area contributed by atoms with Crippen molar-refractivity contribution in [3.05, 3.63) is 40.3 Å². The highest BCUT2D eigenvalue weighted by molar-refractivity contribution is 8.46. The van der Waals surface area contributed by atoms with E-state index in [1.165, 1.54) is 16.0 Å². The predicted molar refractivity (Wildman–Crippen MR) is 74.7 cm³/mol. The minimum Gasteiger partial charge on any atom is -0.142 e. The van der Waals surface area contributed by atoms with E-state index < -0.39 is 0 Å². The van der Waals surface area contributed by atoms with Crippen LogP contribution in [-0.2, 0) is 0 Å². The fourth-order valence-electron chi connectivity index (χ4n) is 1.18. The Morgan fingerprint density at radius 1 is 1.36 bits per heavy atom. The molecular formula is C11H15PS2. The zero-order valence-corrected chi connectivity index (χ0v) is 11.3. The van der Waals surface area contributed by atoms with E-state index in [0.29, 0.717) is 0 Å². The predicted octanol–water partition coefficient (Wildman–Crippen LogP) is 4.53. The monoisotopic (exact) mass is 242 g/mol. The van der Waals surface area contributed by atoms with Gasteiger partial charge in [-0.3, -0.25) is 0 Å². The van der Waals surface area contributed by atoms with Gasteiger partial charge in [-0.2, -0.15) is 0 Å². The smallest absolute Gasteiger partial charge is 0.0211 e. The molecule has 0 aliphatic carbocycles. The summed E-state index contributed by atoms with van der Waals surface area (Å²) >= 11 is 6.25. The molecule has 0 N–H and O–H groups in total. The first-order valence-electron chi connectivity index (χ1n) is 4.55. The molecule has 1 aromatic carbocycles. The highest BCUT2D eigenvalue weighted by Crippen LogP contribution is 2.35. The van der Waals surface area contributed by atoms with E-state index >= 15 is 0 Å². The molecule has 0 amide bonds. The van der Waals surface area contributed by atoms with E-state index in [1.54, 1.807) is 11.4 Å². The molecule has 0 saturated heterocycles. The van der Waals surface area contributed by atoms with E-state index in [-0.39, 0.29) is 0 Å². The first-order valence-corrected chi connectivity index (χ1v) is 7.29. The lowest BCUT2D eigenvalue weighted by molar-refractivity contribution is 1.21. The largest absolute Gasteiger partial charge is 0.142 e. The maximum atomic E-state index is 4.55. The number of thiol groups is 1. The summed E-state index contributed by atoms with van der Waals surface area (Å²) in [5.41, 5.74) is 2.48. The Morgan fingerprint density at radius 3 is 2.36 bits per heavy atom. The fourth-order valence-corrected chi connectivity index (χ4v) is 3.19. The van der Waals surface area contributed by atoms with Crippen molar-refractivity contribution >= 4 is 37.4 Å². The van der Waals surface area contributed by atoms with Crippen molar-refractivity contribution in [1.82, 2.24) is 0 Å². The quantitative estimate of drug-likeness (QED) is 0.600. The van der Waals surface area contributed by atoms with Crippen LogP contribution in [0.2, 0.25) is 0 Å². The molecule has 76 valence electrons. The van der Waals surface area contributed by atoms with E-state index in [9.17, 15) is 0 Å². The third kappa shape index (κ3) is 3.05. The minimum atomic E-state index is 1.03. The van der Waals surface area contributed by atoms with Gasteiger partial charge < -0.3 is 0 Å². The topological polar surface area (TPSA) is 0 Å². The van der Waals surface area contributed by atoms with Crippen LogP contribution < -0.4 is 0 Å². The number of benzene rings is 1. The Kier molecular flexibility index (Phi) is 5.08. The van der Waals surface area contributed by atoms with Crippen LogP contribution in [0.25, 0.3) is 4.91 Å². The molecule has 0 aliphatic rings. The van der Waals surface area contributed by atoms with Crippen LogP contribution in [0.3, 0.4) is 0 Å². The van der Waals surface area contributed by atoms with E-state index in [2.05, 4.69) is 59.2 Å². The van der Waals surface area contributed by atoms with E-state index in [0.717, 1.165) is 11.3 Å². The molecule has 1 unspecified atom stereocenters. The molecule has 1 rings (SSSR count). The van der Waals surface area contributed by atoms with Crippen LogP contribution in [0.4, 0.5) is 0 Å². The number of rotatable bonds is 3. The summed E-state index contributed by atoms with van der Waals surface area (Å²) in [6.07, 6.45) is 1.03. The van der Waals surface area contributed by atoms with Crippen LogP contribution in [0.1, 0.15) is 24.5 Å². The highest BCUT2D eigenvalue weighted by atomic mass is 32.7. The van der Waals surface area contributed by atoms with E-state index in [4.69, 9.17) is 0 Å². The van der Waals surface area contributed by atoms with Crippen LogP contribution in [0, 0.1) is 6.92 Å². The van der Waals surface area contributed by atoms with Crippen molar-refractivity contribution in [3.8, 4) is 0 Å². The first-order chi connectivity index (χ1) is 6.69. The number of allylic oxidation sites excluding steroid dienone is 1. The second-order valence-corrected chi connectivity index (χ2v) is 4.99. The number of hydrogen-bond donors (Lipinski definition) is 1. The van der Waals surface area contributed by atoms with Gasteiger partial charge in [0.15, 0.2) is 0 Å². The molecule has 0 aliphatic heterocycles. The molecule has 0 radical (unpaired) electrons. The average Bonchev–Trinajstić information content (AvgIpc) is 2.20. The van der Waals surface area contributed by atoms with Crippen LogP contribution in [0.15, 0.2) is 29.2 Å². The van der Waals surface area contributed by atoms with Gasteiger partial charge in [0.25, 0.3) is 0 Å². The van der Waals surface area contributed by atoms with Crippen molar-refractivity contribution in [2.75, 3.05) is 0 Å². The Hall–Kier alpha value is 0.0900. The van der Waals surface area contributed by atoms with Crippen molar-refractivity contribution in [3.63, 3.8) is 0 Å². The second kappa shape index (κ2) is 5.85. The fraction of sp³-hybridized carbons (Fsp3) is 0.273. The van der Waals surface area contributed by atoms with Crippen LogP contribution in [-0.4, -0.2) is 0 Å². The number of hydrogen-bond acceptors (Lipinski definition) is 2. The van der Waals surface area contributed by atoms with Gasteiger partial charge in [-0.05, 0) is 18.9 Å². The average molecular weight is 242 g/mol. The van der Waals surface area contributed by atoms with Gasteiger partial charge >= 0.3 is 0 Å². The van der Waals surface area contributed by atoms with Gasteiger partial charge in [0, 0.05) is 9.81 Å². The molecular weight excluding hydrogens is 227 g/mol. The van der Waals surface area contributed by atoms with Gasteiger partial charge in [0.1, 0.15) is 0 Å². The molecule has 0 fully saturated rings. The SMILES string of the molecule is CC/C(SP)=C(/S)c1ccc(C)cc1. The van der Waals surface area contributed by atoms with Gasteiger partial charge in [-0.25, -0.2) is 0 Å². The lowest BCUT2D eigenvalue weighted by Gasteiger charge is -2.07. The standard InChI is InChI=1S/C11H15PS2/c1-3-10(14-12)11(13)9-6-4-8(2)5-7-9/h4-7,13H,3,12H2,1-2H3/b11-10-. The molecule has 0 aromatic heterocycles. The molecule has 14 heavy (non-hydrogen) atoms. The summed E-state index contributed by atoms with van der Waals surface area (Å²) in [4.78, 5) is 2.40. The first kappa shape index (κ1) is 12.2. The molecule has 0 saturated carbocycles. The normalized spacial score (nSPS) is 12.6. The summed E-state index contributed by atoms with van der Waals surface area (Å²) in [5.74, 6) is 0. The molecule has 0 bridgehead atoms. The molecule has 1 aromatic rings. The lowest BCUT2D eigenvalue weighted by Crippen LogP contribution is -1.81. The van der Waals surface area contributed by atoms with Gasteiger partial charge in [0.2, 0.25) is 0 Å². The highest BCUT2D eigenvalue weighted by Gasteiger charge is 2.02. The van der Waals surface area contributed by atoms with E-state index in [1.807, 2.05) is 0 Å². The van der Waals surface area contributed by atoms with Crippen LogP contribution in [0.5, 0.6) is 0 Å². The minimum absolute atomic E-state index is 1.03. The molecule has 0 heterocycles. The summed E-state index contributed by atoms with van der Waals surface area (Å²) in [7, 11) is 2.68.